The fourth-order valence-electron chi connectivity index (χ4n) is 1.69. The van der Waals surface area contributed by atoms with Crippen LogP contribution in [-0.4, -0.2) is 17.0 Å². The van der Waals surface area contributed by atoms with E-state index in [0.29, 0.717) is 0 Å². The molecule has 0 bridgehead atoms. The van der Waals surface area contributed by atoms with Crippen molar-refractivity contribution in [2.24, 2.45) is 5.10 Å². The van der Waals surface area contributed by atoms with Gasteiger partial charge in [-0.15, -0.1) is 0 Å². The first-order valence-electron chi connectivity index (χ1n) is 6.56. The number of carbonyl (C=O) groups is 1. The predicted octanol–water partition coefficient (Wildman–Crippen LogP) is 3.16. The molecule has 0 aromatic heterocycles. The van der Waals surface area contributed by atoms with Gasteiger partial charge in [-0.2, -0.15) is 5.10 Å². The largest absolute Gasteiger partial charge is 0.271 e. The summed E-state index contributed by atoms with van der Waals surface area (Å²) in [6.07, 6.45) is 4.58. The fraction of sp³-hybridized carbons (Fsp3) is 0. The van der Waals surface area contributed by atoms with Crippen LogP contribution in [0.4, 0.5) is 10.1 Å². The lowest BCUT2D eigenvalue weighted by atomic mass is 10.2. The van der Waals surface area contributed by atoms with Crippen LogP contribution in [0.2, 0.25) is 0 Å². The van der Waals surface area contributed by atoms with Gasteiger partial charge < -0.3 is 0 Å². The van der Waals surface area contributed by atoms with E-state index >= 15 is 0 Å². The molecule has 0 saturated carbocycles. The number of non-ortho nitro benzene ring substituents is 1. The summed E-state index contributed by atoms with van der Waals surface area (Å²) >= 11 is 0. The SMILES string of the molecule is O=C(N/N=C/C=C\c1ccc([N+](=O)[O-])cc1)c1cccc(F)c1. The quantitative estimate of drug-likeness (QED) is 0.522. The van der Waals surface area contributed by atoms with Crippen molar-refractivity contribution < 1.29 is 14.1 Å². The average molecular weight is 313 g/mol. The van der Waals surface area contributed by atoms with Gasteiger partial charge in [0.15, 0.2) is 0 Å². The molecule has 0 heterocycles. The van der Waals surface area contributed by atoms with Crippen molar-refractivity contribution >= 4 is 23.9 Å². The number of nitrogens with zero attached hydrogens (tertiary/aromatic N) is 2. The van der Waals surface area contributed by atoms with Gasteiger partial charge in [-0.3, -0.25) is 14.9 Å². The number of halogens is 1. The highest BCUT2D eigenvalue weighted by atomic mass is 19.1. The van der Waals surface area contributed by atoms with E-state index in [9.17, 15) is 19.3 Å². The van der Waals surface area contributed by atoms with E-state index in [0.717, 1.165) is 11.6 Å². The summed E-state index contributed by atoms with van der Waals surface area (Å²) in [6.45, 7) is 0. The number of hydrogen-bond acceptors (Lipinski definition) is 4. The number of benzene rings is 2. The number of nitro groups is 1. The van der Waals surface area contributed by atoms with Crippen molar-refractivity contribution in [1.82, 2.24) is 5.43 Å². The second-order valence-electron chi connectivity index (χ2n) is 4.44. The Morgan fingerprint density at radius 2 is 1.96 bits per heavy atom. The highest BCUT2D eigenvalue weighted by Gasteiger charge is 2.04. The van der Waals surface area contributed by atoms with Crippen LogP contribution < -0.4 is 5.43 Å². The summed E-state index contributed by atoms with van der Waals surface area (Å²) in [4.78, 5) is 21.7. The number of hydrogen-bond donors (Lipinski definition) is 1. The fourth-order valence-corrected chi connectivity index (χ4v) is 1.69. The summed E-state index contributed by atoms with van der Waals surface area (Å²) in [5, 5.41) is 14.2. The Morgan fingerprint density at radius 1 is 1.22 bits per heavy atom. The Balaban J connectivity index is 1.88. The third-order valence-corrected chi connectivity index (χ3v) is 2.81. The van der Waals surface area contributed by atoms with E-state index in [1.54, 1.807) is 24.3 Å². The first kappa shape index (κ1) is 16.0. The maximum atomic E-state index is 13.0. The zero-order valence-corrected chi connectivity index (χ0v) is 11.8. The number of rotatable bonds is 5. The van der Waals surface area contributed by atoms with Crippen LogP contribution in [0.25, 0.3) is 6.08 Å². The lowest BCUT2D eigenvalue weighted by Gasteiger charge is -1.98. The molecule has 0 aliphatic carbocycles. The average Bonchev–Trinajstić information content (AvgIpc) is 2.54. The summed E-state index contributed by atoms with van der Waals surface area (Å²) in [5.41, 5.74) is 3.19. The number of allylic oxidation sites excluding steroid dienone is 1. The van der Waals surface area contributed by atoms with Gasteiger partial charge in [-0.05, 0) is 42.0 Å². The molecule has 1 amide bonds. The van der Waals surface area contributed by atoms with Crippen molar-refractivity contribution in [2.45, 2.75) is 0 Å². The predicted molar refractivity (Wildman–Crippen MR) is 84.5 cm³/mol. The second-order valence-corrected chi connectivity index (χ2v) is 4.44. The molecule has 0 aliphatic rings. The third-order valence-electron chi connectivity index (χ3n) is 2.81. The van der Waals surface area contributed by atoms with E-state index in [4.69, 9.17) is 0 Å². The lowest BCUT2D eigenvalue weighted by molar-refractivity contribution is -0.384. The van der Waals surface area contributed by atoms with Gasteiger partial charge in [0.25, 0.3) is 11.6 Å². The number of carbonyl (C=O) groups excluding carboxylic acids is 1. The van der Waals surface area contributed by atoms with E-state index in [2.05, 4.69) is 10.5 Å². The van der Waals surface area contributed by atoms with E-state index in [1.807, 2.05) is 0 Å². The normalized spacial score (nSPS) is 11.0. The summed E-state index contributed by atoms with van der Waals surface area (Å²) in [6, 6.07) is 11.2. The highest BCUT2D eigenvalue weighted by Crippen LogP contribution is 2.12. The first-order valence-corrected chi connectivity index (χ1v) is 6.56. The monoisotopic (exact) mass is 313 g/mol. The molecule has 0 radical (unpaired) electrons. The second kappa shape index (κ2) is 7.60. The Labute approximate surface area is 131 Å². The van der Waals surface area contributed by atoms with Crippen molar-refractivity contribution in [2.75, 3.05) is 0 Å². The van der Waals surface area contributed by atoms with Crippen molar-refractivity contribution in [3.63, 3.8) is 0 Å². The smallest absolute Gasteiger partial charge is 0.267 e. The topological polar surface area (TPSA) is 84.6 Å². The standard InChI is InChI=1S/C16H12FN3O3/c17-14-5-1-4-13(11-14)16(21)19-18-10-2-3-12-6-8-15(9-7-12)20(22)23/h1-11H,(H,19,21)/b3-2-,18-10+. The molecule has 2 rings (SSSR count). The minimum absolute atomic E-state index is 0.0122. The minimum Gasteiger partial charge on any atom is -0.267 e. The van der Waals surface area contributed by atoms with Gasteiger partial charge in [-0.25, -0.2) is 9.82 Å². The van der Waals surface area contributed by atoms with Crippen LogP contribution in [0.1, 0.15) is 15.9 Å². The molecule has 1 N–H and O–H groups in total. The number of amides is 1. The van der Waals surface area contributed by atoms with Gasteiger partial charge >= 0.3 is 0 Å². The number of hydrazone groups is 1. The van der Waals surface area contributed by atoms with Crippen LogP contribution in [0.5, 0.6) is 0 Å². The van der Waals surface area contributed by atoms with Gasteiger partial charge in [0.2, 0.25) is 0 Å². The molecule has 7 heteroatoms. The van der Waals surface area contributed by atoms with Crippen LogP contribution in [0.15, 0.2) is 59.7 Å². The Bertz CT molecular complexity index is 770. The molecule has 2 aromatic carbocycles. The summed E-state index contributed by atoms with van der Waals surface area (Å²) in [7, 11) is 0. The zero-order chi connectivity index (χ0) is 16.7. The van der Waals surface area contributed by atoms with E-state index in [-0.39, 0.29) is 11.3 Å². The molecule has 23 heavy (non-hydrogen) atoms. The van der Waals surface area contributed by atoms with Gasteiger partial charge in [0, 0.05) is 23.9 Å². The first-order chi connectivity index (χ1) is 11.1. The third kappa shape index (κ3) is 4.85. The van der Waals surface area contributed by atoms with Crippen molar-refractivity contribution in [3.8, 4) is 0 Å². The molecule has 6 nitrogen and oxygen atoms in total. The molecular formula is C16H12FN3O3. The van der Waals surface area contributed by atoms with Crippen molar-refractivity contribution in [3.05, 3.63) is 81.7 Å². The maximum Gasteiger partial charge on any atom is 0.271 e. The molecular weight excluding hydrogens is 301 g/mol. The Hall–Kier alpha value is -3.35. The molecule has 0 atom stereocenters. The molecule has 2 aromatic rings. The van der Waals surface area contributed by atoms with Crippen molar-refractivity contribution in [1.29, 1.82) is 0 Å². The Kier molecular flexibility index (Phi) is 5.30. The molecule has 0 unspecified atom stereocenters. The number of nitro benzene ring substituents is 1. The highest BCUT2D eigenvalue weighted by molar-refractivity contribution is 5.94. The van der Waals surface area contributed by atoms with Crippen LogP contribution in [0.3, 0.4) is 0 Å². The summed E-state index contributed by atoms with van der Waals surface area (Å²) in [5.74, 6) is -1.02. The molecule has 0 aliphatic heterocycles. The van der Waals surface area contributed by atoms with E-state index in [1.165, 1.54) is 36.5 Å². The Morgan fingerprint density at radius 3 is 2.61 bits per heavy atom. The molecule has 0 fully saturated rings. The lowest BCUT2D eigenvalue weighted by Crippen LogP contribution is -2.17. The number of nitrogens with one attached hydrogen (secondary N) is 1. The van der Waals surface area contributed by atoms with Gasteiger partial charge in [-0.1, -0.05) is 12.1 Å². The van der Waals surface area contributed by atoms with Crippen LogP contribution >= 0.6 is 0 Å². The maximum absolute atomic E-state index is 13.0. The van der Waals surface area contributed by atoms with Crippen LogP contribution in [0, 0.1) is 15.9 Å². The zero-order valence-electron chi connectivity index (χ0n) is 11.8. The van der Waals surface area contributed by atoms with Gasteiger partial charge in [0.1, 0.15) is 5.82 Å². The molecule has 116 valence electrons. The van der Waals surface area contributed by atoms with Crippen LogP contribution in [-0.2, 0) is 0 Å². The molecule has 0 saturated heterocycles. The van der Waals surface area contributed by atoms with E-state index < -0.39 is 16.6 Å². The summed E-state index contributed by atoms with van der Waals surface area (Å²) < 4.78 is 13.0. The molecule has 0 spiro atoms. The van der Waals surface area contributed by atoms with Gasteiger partial charge in [0.05, 0.1) is 4.92 Å². The minimum atomic E-state index is -0.524.